The van der Waals surface area contributed by atoms with E-state index in [2.05, 4.69) is 5.32 Å². The van der Waals surface area contributed by atoms with Crippen LogP contribution in [-0.2, 0) is 9.47 Å². The Hall–Kier alpha value is -1.41. The summed E-state index contributed by atoms with van der Waals surface area (Å²) >= 11 is 11.7. The molecule has 9 heteroatoms. The fourth-order valence-corrected chi connectivity index (χ4v) is 2.11. The van der Waals surface area contributed by atoms with E-state index in [1.807, 2.05) is 0 Å². The normalized spacial score (nSPS) is 12.3. The van der Waals surface area contributed by atoms with Gasteiger partial charge in [0.25, 0.3) is 11.6 Å². The summed E-state index contributed by atoms with van der Waals surface area (Å²) in [6, 6.07) is 1.64. The predicted molar refractivity (Wildman–Crippen MR) is 77.9 cm³/mol. The second kappa shape index (κ2) is 7.56. The van der Waals surface area contributed by atoms with Crippen molar-refractivity contribution in [1.29, 1.82) is 0 Å². The molecule has 0 heterocycles. The molecule has 0 spiro atoms. The van der Waals surface area contributed by atoms with Crippen LogP contribution in [0.5, 0.6) is 0 Å². The minimum atomic E-state index is -0.665. The van der Waals surface area contributed by atoms with Crippen molar-refractivity contribution in [2.24, 2.45) is 0 Å². The third kappa shape index (κ3) is 4.28. The van der Waals surface area contributed by atoms with E-state index in [0.29, 0.717) is 0 Å². The SMILES string of the molecule is COC(OC)C(C)NC(=O)c1cc([N+](=O)[O-])cc(Cl)c1Cl. The number of nitro groups is 1. The minimum Gasteiger partial charge on any atom is -0.354 e. The van der Waals surface area contributed by atoms with E-state index < -0.39 is 23.2 Å². The van der Waals surface area contributed by atoms with E-state index in [0.717, 1.165) is 12.1 Å². The second-order valence-corrected chi connectivity index (χ2v) is 4.93. The molecular weight excluding hydrogens is 323 g/mol. The molecule has 1 N–H and O–H groups in total. The lowest BCUT2D eigenvalue weighted by atomic mass is 10.1. The molecule has 0 radical (unpaired) electrons. The Bertz CT molecular complexity index is 549. The number of benzene rings is 1. The van der Waals surface area contributed by atoms with E-state index in [1.165, 1.54) is 14.2 Å². The van der Waals surface area contributed by atoms with E-state index in [1.54, 1.807) is 6.92 Å². The van der Waals surface area contributed by atoms with Crippen molar-refractivity contribution in [3.63, 3.8) is 0 Å². The first kappa shape index (κ1) is 17.6. The molecule has 0 bridgehead atoms. The zero-order valence-corrected chi connectivity index (χ0v) is 13.1. The van der Waals surface area contributed by atoms with Crippen LogP contribution in [0.4, 0.5) is 5.69 Å². The molecule has 1 amide bonds. The van der Waals surface area contributed by atoms with Crippen molar-refractivity contribution >= 4 is 34.8 Å². The van der Waals surface area contributed by atoms with Gasteiger partial charge < -0.3 is 14.8 Å². The molecule has 21 heavy (non-hydrogen) atoms. The first-order chi connectivity index (χ1) is 9.81. The number of nitrogens with one attached hydrogen (secondary N) is 1. The molecule has 0 saturated carbocycles. The number of nitrogens with zero attached hydrogens (tertiary/aromatic N) is 1. The largest absolute Gasteiger partial charge is 0.354 e. The quantitative estimate of drug-likeness (QED) is 0.489. The number of amides is 1. The number of nitro benzene ring substituents is 1. The first-order valence-electron chi connectivity index (χ1n) is 5.81. The Balaban J connectivity index is 3.04. The number of non-ortho nitro benzene ring substituents is 1. The average Bonchev–Trinajstić information content (AvgIpc) is 2.42. The Kier molecular flexibility index (Phi) is 6.35. The predicted octanol–water partition coefficient (Wildman–Crippen LogP) is 2.64. The van der Waals surface area contributed by atoms with Gasteiger partial charge in [-0.25, -0.2) is 0 Å². The van der Waals surface area contributed by atoms with Crippen LogP contribution in [0.15, 0.2) is 12.1 Å². The molecule has 0 aliphatic carbocycles. The summed E-state index contributed by atoms with van der Waals surface area (Å²) in [5.74, 6) is -0.614. The highest BCUT2D eigenvalue weighted by atomic mass is 35.5. The molecule has 1 rings (SSSR count). The van der Waals surface area contributed by atoms with Gasteiger partial charge in [-0.2, -0.15) is 0 Å². The zero-order chi connectivity index (χ0) is 16.2. The van der Waals surface area contributed by atoms with Gasteiger partial charge in [0.15, 0.2) is 6.29 Å². The Morgan fingerprint density at radius 2 is 1.90 bits per heavy atom. The number of rotatable bonds is 6. The number of carbonyl (C=O) groups is 1. The van der Waals surface area contributed by atoms with Crippen LogP contribution in [0, 0.1) is 10.1 Å². The maximum Gasteiger partial charge on any atom is 0.271 e. The van der Waals surface area contributed by atoms with E-state index in [-0.39, 0.29) is 21.3 Å². The van der Waals surface area contributed by atoms with Crippen LogP contribution in [0.3, 0.4) is 0 Å². The summed E-state index contributed by atoms with van der Waals surface area (Å²) in [7, 11) is 2.85. The lowest BCUT2D eigenvalue weighted by molar-refractivity contribution is -0.384. The zero-order valence-electron chi connectivity index (χ0n) is 11.6. The van der Waals surface area contributed by atoms with Crippen molar-refractivity contribution in [3.8, 4) is 0 Å². The second-order valence-electron chi connectivity index (χ2n) is 4.15. The van der Waals surface area contributed by atoms with Crippen LogP contribution in [-0.4, -0.2) is 37.4 Å². The van der Waals surface area contributed by atoms with Gasteiger partial charge in [-0.3, -0.25) is 14.9 Å². The number of hydrogen-bond acceptors (Lipinski definition) is 5. The highest BCUT2D eigenvalue weighted by Crippen LogP contribution is 2.30. The molecule has 0 fully saturated rings. The molecule has 1 aromatic rings. The van der Waals surface area contributed by atoms with Gasteiger partial charge in [-0.05, 0) is 6.92 Å². The molecule has 0 aromatic heterocycles. The van der Waals surface area contributed by atoms with Gasteiger partial charge in [-0.1, -0.05) is 23.2 Å². The molecule has 1 aromatic carbocycles. The minimum absolute atomic E-state index is 0.0571. The van der Waals surface area contributed by atoms with Gasteiger partial charge in [0.2, 0.25) is 0 Å². The summed E-state index contributed by atoms with van der Waals surface area (Å²) in [6.45, 7) is 1.66. The number of carbonyl (C=O) groups excluding carboxylic acids is 1. The molecule has 1 atom stereocenters. The van der Waals surface area contributed by atoms with Crippen LogP contribution in [0.25, 0.3) is 0 Å². The third-order valence-electron chi connectivity index (χ3n) is 2.70. The molecule has 0 aliphatic heterocycles. The van der Waals surface area contributed by atoms with Gasteiger partial charge in [0, 0.05) is 26.4 Å². The monoisotopic (exact) mass is 336 g/mol. The van der Waals surface area contributed by atoms with Gasteiger partial charge in [0.1, 0.15) is 0 Å². The summed E-state index contributed by atoms with van der Waals surface area (Å²) < 4.78 is 10.0. The molecule has 116 valence electrons. The lowest BCUT2D eigenvalue weighted by Gasteiger charge is -2.22. The van der Waals surface area contributed by atoms with Crippen molar-refractivity contribution in [2.45, 2.75) is 19.3 Å². The Morgan fingerprint density at radius 3 is 2.38 bits per heavy atom. The van der Waals surface area contributed by atoms with E-state index in [9.17, 15) is 14.9 Å². The number of hydrogen-bond donors (Lipinski definition) is 1. The fraction of sp³-hybridized carbons (Fsp3) is 0.417. The Morgan fingerprint density at radius 1 is 1.33 bits per heavy atom. The molecular formula is C12H14Cl2N2O5. The standard InChI is InChI=1S/C12H14Cl2N2O5/c1-6(12(20-2)21-3)15-11(17)8-4-7(16(18)19)5-9(13)10(8)14/h4-6,12H,1-3H3,(H,15,17). The summed E-state index contributed by atoms with van der Waals surface area (Å²) in [5.41, 5.74) is -0.411. The summed E-state index contributed by atoms with van der Waals surface area (Å²) in [5, 5.41) is 13.2. The topological polar surface area (TPSA) is 90.7 Å². The van der Waals surface area contributed by atoms with Crippen LogP contribution in [0.2, 0.25) is 10.0 Å². The average molecular weight is 337 g/mol. The summed E-state index contributed by atoms with van der Waals surface area (Å²) in [4.78, 5) is 22.3. The molecule has 0 saturated heterocycles. The van der Waals surface area contributed by atoms with Gasteiger partial charge in [0.05, 0.1) is 26.6 Å². The van der Waals surface area contributed by atoms with E-state index >= 15 is 0 Å². The van der Waals surface area contributed by atoms with Crippen molar-refractivity contribution < 1.29 is 19.2 Å². The van der Waals surface area contributed by atoms with Crippen LogP contribution < -0.4 is 5.32 Å². The van der Waals surface area contributed by atoms with Gasteiger partial charge in [-0.15, -0.1) is 0 Å². The highest BCUT2D eigenvalue weighted by molar-refractivity contribution is 6.44. The van der Waals surface area contributed by atoms with Crippen LogP contribution >= 0.6 is 23.2 Å². The first-order valence-corrected chi connectivity index (χ1v) is 6.57. The van der Waals surface area contributed by atoms with Crippen molar-refractivity contribution in [3.05, 3.63) is 37.9 Å². The van der Waals surface area contributed by atoms with Gasteiger partial charge >= 0.3 is 0 Å². The molecule has 7 nitrogen and oxygen atoms in total. The fourth-order valence-electron chi connectivity index (χ4n) is 1.70. The third-order valence-corrected chi connectivity index (χ3v) is 3.50. The van der Waals surface area contributed by atoms with E-state index in [4.69, 9.17) is 32.7 Å². The maximum atomic E-state index is 12.2. The smallest absolute Gasteiger partial charge is 0.271 e. The Labute approximate surface area is 131 Å². The lowest BCUT2D eigenvalue weighted by Crippen LogP contribution is -2.43. The summed E-state index contributed by atoms with van der Waals surface area (Å²) in [6.07, 6.45) is -0.665. The van der Waals surface area contributed by atoms with Crippen molar-refractivity contribution in [2.75, 3.05) is 14.2 Å². The number of ether oxygens (including phenoxy) is 2. The van der Waals surface area contributed by atoms with Crippen molar-refractivity contribution in [1.82, 2.24) is 5.32 Å². The number of halogens is 2. The van der Waals surface area contributed by atoms with Crippen LogP contribution in [0.1, 0.15) is 17.3 Å². The maximum absolute atomic E-state index is 12.2. The molecule has 1 unspecified atom stereocenters. The highest BCUT2D eigenvalue weighted by Gasteiger charge is 2.23. The number of methoxy groups -OCH3 is 2. The molecule has 0 aliphatic rings.